The van der Waals surface area contributed by atoms with Crippen LogP contribution in [0.2, 0.25) is 4.34 Å². The molecule has 2 rings (SSSR count). The summed E-state index contributed by atoms with van der Waals surface area (Å²) in [5.74, 6) is -0.321. The summed E-state index contributed by atoms with van der Waals surface area (Å²) in [6.07, 6.45) is -3.26. The van der Waals surface area contributed by atoms with E-state index in [1.807, 2.05) is 0 Å². The van der Waals surface area contributed by atoms with Crippen molar-refractivity contribution in [2.24, 2.45) is 0 Å². The highest BCUT2D eigenvalue weighted by Gasteiger charge is 2.36. The average molecular weight is 368 g/mol. The van der Waals surface area contributed by atoms with Crippen LogP contribution in [0.25, 0.3) is 0 Å². The Morgan fingerprint density at radius 1 is 1.48 bits per heavy atom. The van der Waals surface area contributed by atoms with Gasteiger partial charge in [0.15, 0.2) is 0 Å². The number of thiophene rings is 1. The zero-order valence-electron chi connectivity index (χ0n) is 12.0. The lowest BCUT2D eigenvalue weighted by Crippen LogP contribution is -2.42. The first-order valence-electron chi connectivity index (χ1n) is 6.91. The largest absolute Gasteiger partial charge is 0.465 e. The Kier molecular flexibility index (Phi) is 6.14. The van der Waals surface area contributed by atoms with Crippen LogP contribution in [0, 0.1) is 0 Å². The molecule has 3 N–H and O–H groups in total. The number of carbonyl (C=O) groups excluding carboxylic acids is 1. The van der Waals surface area contributed by atoms with Gasteiger partial charge in [0.1, 0.15) is 0 Å². The minimum absolute atomic E-state index is 0.119. The number of amides is 2. The normalized spacial score (nSPS) is 21.0. The Bertz CT molecular complexity index is 572. The summed E-state index contributed by atoms with van der Waals surface area (Å²) in [7, 11) is 0. The maximum Gasteiger partial charge on any atom is 0.407 e. The van der Waals surface area contributed by atoms with Crippen LogP contribution in [0.4, 0.5) is 13.6 Å². The highest BCUT2D eigenvalue weighted by molar-refractivity contribution is 7.17. The zero-order chi connectivity index (χ0) is 17.0. The van der Waals surface area contributed by atoms with E-state index in [0.717, 1.165) is 16.2 Å². The van der Waals surface area contributed by atoms with Gasteiger partial charge in [-0.25, -0.2) is 13.6 Å². The van der Waals surface area contributed by atoms with E-state index < -0.39 is 25.1 Å². The van der Waals surface area contributed by atoms with Crippen molar-refractivity contribution in [3.63, 3.8) is 0 Å². The predicted molar refractivity (Wildman–Crippen MR) is 82.6 cm³/mol. The third kappa shape index (κ3) is 5.02. The number of hydrogen-bond acceptors (Lipinski definition) is 4. The number of rotatable bonds is 6. The monoisotopic (exact) mass is 367 g/mol. The molecule has 128 valence electrons. The van der Waals surface area contributed by atoms with Gasteiger partial charge in [-0.15, -0.1) is 11.3 Å². The third-order valence-electron chi connectivity index (χ3n) is 3.47. The lowest BCUT2D eigenvalue weighted by Gasteiger charge is -2.21. The van der Waals surface area contributed by atoms with Crippen LogP contribution in [-0.4, -0.2) is 60.2 Å². The number of halogens is 3. The molecule has 23 heavy (non-hydrogen) atoms. The van der Waals surface area contributed by atoms with E-state index in [-0.39, 0.29) is 25.0 Å². The first kappa shape index (κ1) is 17.9. The van der Waals surface area contributed by atoms with Crippen molar-refractivity contribution in [2.75, 3.05) is 19.6 Å². The second-order valence-corrected chi connectivity index (χ2v) is 6.86. The summed E-state index contributed by atoms with van der Waals surface area (Å²) >= 11 is 6.91. The highest BCUT2D eigenvalue weighted by atomic mass is 35.5. The Morgan fingerprint density at radius 2 is 2.22 bits per heavy atom. The van der Waals surface area contributed by atoms with Crippen molar-refractivity contribution in [3.8, 4) is 0 Å². The van der Waals surface area contributed by atoms with Crippen LogP contribution < -0.4 is 10.6 Å². The highest BCUT2D eigenvalue weighted by Crippen LogP contribution is 2.23. The van der Waals surface area contributed by atoms with Gasteiger partial charge in [0.25, 0.3) is 12.3 Å². The molecule has 10 heteroatoms. The number of alkyl halides is 2. The molecule has 2 amide bonds. The maximum absolute atomic E-state index is 12.1. The molecule has 0 aliphatic carbocycles. The van der Waals surface area contributed by atoms with Gasteiger partial charge >= 0.3 is 6.09 Å². The Morgan fingerprint density at radius 3 is 2.78 bits per heavy atom. The molecule has 1 aromatic rings. The number of carbonyl (C=O) groups is 2. The van der Waals surface area contributed by atoms with Crippen LogP contribution in [0.15, 0.2) is 12.1 Å². The van der Waals surface area contributed by atoms with Crippen molar-refractivity contribution in [2.45, 2.75) is 24.9 Å². The van der Waals surface area contributed by atoms with Gasteiger partial charge in [0.05, 0.1) is 15.8 Å². The quantitative estimate of drug-likeness (QED) is 0.719. The van der Waals surface area contributed by atoms with E-state index in [9.17, 15) is 23.5 Å². The summed E-state index contributed by atoms with van der Waals surface area (Å²) in [6.45, 7) is -0.246. The molecule has 1 aromatic heterocycles. The zero-order valence-corrected chi connectivity index (χ0v) is 13.5. The number of hydrogen-bond donors (Lipinski definition) is 3. The summed E-state index contributed by atoms with van der Waals surface area (Å²) in [5, 5.41) is 14.5. The van der Waals surface area contributed by atoms with E-state index in [4.69, 9.17) is 11.6 Å². The van der Waals surface area contributed by atoms with Crippen LogP contribution >= 0.6 is 22.9 Å². The lowest BCUT2D eigenvalue weighted by atomic mass is 10.1. The standard InChI is InChI=1S/C13H16ClF2N3O3S/c14-10-2-1-9(23-10)12(20)18-7-3-8(4-17-5-11(15)16)19(6-7)13(21)22/h1-2,7-8,11,17H,3-6H2,(H,18,20)(H,21,22)/t7-,8+/m1/s1. The SMILES string of the molecule is O=C(N[C@@H]1C[C@@H](CNCC(F)F)N(C(=O)O)C1)c1ccc(Cl)s1. The minimum atomic E-state index is -2.49. The smallest absolute Gasteiger partial charge is 0.407 e. The molecular formula is C13H16ClF2N3O3S. The van der Waals surface area contributed by atoms with E-state index in [1.54, 1.807) is 12.1 Å². The fourth-order valence-corrected chi connectivity index (χ4v) is 3.45. The predicted octanol–water partition coefficient (Wildman–Crippen LogP) is 2.11. The molecular weight excluding hydrogens is 352 g/mol. The lowest BCUT2D eigenvalue weighted by molar-refractivity contribution is 0.0939. The average Bonchev–Trinajstić information content (AvgIpc) is 3.05. The first-order chi connectivity index (χ1) is 10.9. The van der Waals surface area contributed by atoms with E-state index in [1.165, 1.54) is 0 Å². The summed E-state index contributed by atoms with van der Waals surface area (Å²) in [4.78, 5) is 24.9. The topological polar surface area (TPSA) is 81.7 Å². The molecule has 2 atom stereocenters. The van der Waals surface area contributed by atoms with Crippen molar-refractivity contribution in [3.05, 3.63) is 21.3 Å². The molecule has 1 aliphatic heterocycles. The molecule has 1 saturated heterocycles. The molecule has 0 bridgehead atoms. The van der Waals surface area contributed by atoms with Crippen molar-refractivity contribution in [1.29, 1.82) is 0 Å². The minimum Gasteiger partial charge on any atom is -0.465 e. The van der Waals surface area contributed by atoms with Crippen molar-refractivity contribution in [1.82, 2.24) is 15.5 Å². The van der Waals surface area contributed by atoms with E-state index in [2.05, 4.69) is 10.6 Å². The fourth-order valence-electron chi connectivity index (χ4n) is 2.50. The van der Waals surface area contributed by atoms with Gasteiger partial charge in [0, 0.05) is 25.2 Å². The van der Waals surface area contributed by atoms with Gasteiger partial charge in [-0.1, -0.05) is 11.6 Å². The fraction of sp³-hybridized carbons (Fsp3) is 0.538. The first-order valence-corrected chi connectivity index (χ1v) is 8.11. The third-order valence-corrected chi connectivity index (χ3v) is 4.70. The van der Waals surface area contributed by atoms with E-state index >= 15 is 0 Å². The molecule has 2 heterocycles. The van der Waals surface area contributed by atoms with E-state index in [0.29, 0.717) is 15.6 Å². The number of nitrogens with one attached hydrogen (secondary N) is 2. The summed E-state index contributed by atoms with van der Waals surface area (Å²) in [6, 6.07) is 2.38. The van der Waals surface area contributed by atoms with Crippen LogP contribution in [0.3, 0.4) is 0 Å². The molecule has 1 aliphatic rings. The molecule has 0 saturated carbocycles. The molecule has 0 aromatic carbocycles. The second kappa shape index (κ2) is 7.89. The Labute approximate surface area is 140 Å². The van der Waals surface area contributed by atoms with Gasteiger partial charge in [-0.05, 0) is 18.6 Å². The number of likely N-dealkylation sites (tertiary alicyclic amines) is 1. The Hall–Kier alpha value is -1.45. The number of carboxylic acid groups (broad SMARTS) is 1. The van der Waals surface area contributed by atoms with Crippen LogP contribution in [-0.2, 0) is 0 Å². The van der Waals surface area contributed by atoms with Crippen molar-refractivity contribution >= 4 is 34.9 Å². The van der Waals surface area contributed by atoms with Gasteiger partial charge in [-0.3, -0.25) is 4.79 Å². The summed E-state index contributed by atoms with van der Waals surface area (Å²) in [5.41, 5.74) is 0. The van der Waals surface area contributed by atoms with Gasteiger partial charge < -0.3 is 20.6 Å². The molecule has 1 fully saturated rings. The van der Waals surface area contributed by atoms with Crippen molar-refractivity contribution < 1.29 is 23.5 Å². The maximum atomic E-state index is 12.1. The van der Waals surface area contributed by atoms with Crippen LogP contribution in [0.5, 0.6) is 0 Å². The van der Waals surface area contributed by atoms with Crippen LogP contribution in [0.1, 0.15) is 16.1 Å². The molecule has 6 nitrogen and oxygen atoms in total. The second-order valence-electron chi connectivity index (χ2n) is 5.15. The molecule has 0 radical (unpaired) electrons. The Balaban J connectivity index is 1.91. The van der Waals surface area contributed by atoms with Gasteiger partial charge in [-0.2, -0.15) is 0 Å². The van der Waals surface area contributed by atoms with Gasteiger partial charge in [0.2, 0.25) is 0 Å². The molecule has 0 unspecified atom stereocenters. The summed E-state index contributed by atoms with van der Waals surface area (Å²) < 4.78 is 24.8. The number of nitrogens with zero attached hydrogens (tertiary/aromatic N) is 1. The molecule has 0 spiro atoms.